The lowest BCUT2D eigenvalue weighted by Gasteiger charge is -2.03. The number of para-hydroxylation sites is 1. The van der Waals surface area contributed by atoms with E-state index in [1.165, 1.54) is 24.6 Å². The minimum absolute atomic E-state index is 0.523. The van der Waals surface area contributed by atoms with Crippen LogP contribution in [-0.4, -0.2) is 19.7 Å². The molecule has 22 heavy (non-hydrogen) atoms. The van der Waals surface area contributed by atoms with E-state index in [0.29, 0.717) is 10.9 Å². The van der Waals surface area contributed by atoms with Crippen molar-refractivity contribution in [1.29, 1.82) is 0 Å². The van der Waals surface area contributed by atoms with E-state index in [-0.39, 0.29) is 0 Å². The number of benzene rings is 1. The van der Waals surface area contributed by atoms with E-state index in [0.717, 1.165) is 21.6 Å². The summed E-state index contributed by atoms with van der Waals surface area (Å²) >= 11 is 7.64. The molecule has 3 aromatic rings. The standard InChI is InChI=1S/C16H13ClN4S/c17-13-10-18-9-8-14(13)22-16-19-15(11-6-7-11)21(20-16)12-4-2-1-3-5-12/h1-5,8-11H,6-7H2. The SMILES string of the molecule is Clc1cnccc1Sc1nc(C2CC2)n(-c2ccccc2)n1. The van der Waals surface area contributed by atoms with Crippen LogP contribution in [0.15, 0.2) is 58.8 Å². The van der Waals surface area contributed by atoms with Gasteiger partial charge in [0, 0.05) is 23.2 Å². The molecule has 0 unspecified atom stereocenters. The van der Waals surface area contributed by atoms with Crippen molar-refractivity contribution in [2.45, 2.75) is 28.8 Å². The molecule has 0 aliphatic heterocycles. The van der Waals surface area contributed by atoms with Crippen LogP contribution < -0.4 is 0 Å². The van der Waals surface area contributed by atoms with Crippen molar-refractivity contribution in [2.24, 2.45) is 0 Å². The summed E-state index contributed by atoms with van der Waals surface area (Å²) in [5.74, 6) is 1.56. The summed E-state index contributed by atoms with van der Waals surface area (Å²) in [6.45, 7) is 0. The fourth-order valence-corrected chi connectivity index (χ4v) is 3.23. The van der Waals surface area contributed by atoms with Crippen LogP contribution in [0, 0.1) is 0 Å². The van der Waals surface area contributed by atoms with Gasteiger partial charge in [-0.05, 0) is 42.8 Å². The number of pyridine rings is 1. The second-order valence-corrected chi connectivity index (χ2v) is 6.60. The van der Waals surface area contributed by atoms with Crippen molar-refractivity contribution < 1.29 is 0 Å². The minimum Gasteiger partial charge on any atom is -0.263 e. The van der Waals surface area contributed by atoms with Crippen molar-refractivity contribution in [2.75, 3.05) is 0 Å². The van der Waals surface area contributed by atoms with E-state index >= 15 is 0 Å². The molecule has 6 heteroatoms. The van der Waals surface area contributed by atoms with Gasteiger partial charge in [0.05, 0.1) is 10.7 Å². The van der Waals surface area contributed by atoms with Crippen molar-refractivity contribution in [1.82, 2.24) is 19.7 Å². The van der Waals surface area contributed by atoms with Crippen LogP contribution in [0.3, 0.4) is 0 Å². The lowest BCUT2D eigenvalue weighted by Crippen LogP contribution is -2.01. The molecule has 0 radical (unpaired) electrons. The Morgan fingerprint density at radius 3 is 2.68 bits per heavy atom. The molecule has 2 heterocycles. The Morgan fingerprint density at radius 1 is 1.14 bits per heavy atom. The van der Waals surface area contributed by atoms with Crippen LogP contribution in [0.5, 0.6) is 0 Å². The predicted octanol–water partition coefficient (Wildman–Crippen LogP) is 4.34. The van der Waals surface area contributed by atoms with E-state index in [2.05, 4.69) is 22.2 Å². The maximum absolute atomic E-state index is 6.17. The molecule has 0 bridgehead atoms. The topological polar surface area (TPSA) is 43.6 Å². The van der Waals surface area contributed by atoms with Gasteiger partial charge in [0.2, 0.25) is 5.16 Å². The van der Waals surface area contributed by atoms with Crippen molar-refractivity contribution in [3.63, 3.8) is 0 Å². The Bertz CT molecular complexity index is 799. The Balaban J connectivity index is 1.71. The molecule has 1 fully saturated rings. The average molecular weight is 329 g/mol. The van der Waals surface area contributed by atoms with Gasteiger partial charge in [0.25, 0.3) is 0 Å². The van der Waals surface area contributed by atoms with Crippen LogP contribution in [-0.2, 0) is 0 Å². The van der Waals surface area contributed by atoms with Gasteiger partial charge in [-0.3, -0.25) is 4.98 Å². The molecule has 1 aromatic carbocycles. The fourth-order valence-electron chi connectivity index (χ4n) is 2.26. The molecule has 1 aliphatic rings. The molecular weight excluding hydrogens is 316 g/mol. The van der Waals surface area contributed by atoms with E-state index in [1.54, 1.807) is 12.4 Å². The zero-order valence-corrected chi connectivity index (χ0v) is 13.3. The van der Waals surface area contributed by atoms with Crippen molar-refractivity contribution >= 4 is 23.4 Å². The Morgan fingerprint density at radius 2 is 1.95 bits per heavy atom. The highest BCUT2D eigenvalue weighted by molar-refractivity contribution is 7.99. The van der Waals surface area contributed by atoms with Crippen LogP contribution in [0.25, 0.3) is 5.69 Å². The molecule has 1 aliphatic carbocycles. The number of rotatable bonds is 4. The zero-order chi connectivity index (χ0) is 14.9. The molecule has 0 amide bonds. The lowest BCUT2D eigenvalue weighted by molar-refractivity contribution is 0.782. The molecule has 110 valence electrons. The molecule has 2 aromatic heterocycles. The third-order valence-electron chi connectivity index (χ3n) is 3.49. The van der Waals surface area contributed by atoms with Crippen LogP contribution in [0.4, 0.5) is 0 Å². The maximum atomic E-state index is 6.17. The van der Waals surface area contributed by atoms with E-state index in [4.69, 9.17) is 16.6 Å². The highest BCUT2D eigenvalue weighted by atomic mass is 35.5. The largest absolute Gasteiger partial charge is 0.263 e. The minimum atomic E-state index is 0.523. The summed E-state index contributed by atoms with van der Waals surface area (Å²) in [7, 11) is 0. The predicted molar refractivity (Wildman–Crippen MR) is 86.7 cm³/mol. The second kappa shape index (κ2) is 5.74. The first-order valence-electron chi connectivity index (χ1n) is 7.11. The number of hydrogen-bond donors (Lipinski definition) is 0. The van der Waals surface area contributed by atoms with Crippen LogP contribution in [0.2, 0.25) is 5.02 Å². The first kappa shape index (κ1) is 13.8. The summed E-state index contributed by atoms with van der Waals surface area (Å²) in [5.41, 5.74) is 1.05. The summed E-state index contributed by atoms with van der Waals surface area (Å²) in [6.07, 6.45) is 5.74. The van der Waals surface area contributed by atoms with Crippen molar-refractivity contribution in [3.8, 4) is 5.69 Å². The Kier molecular flexibility index (Phi) is 3.60. The molecule has 4 nitrogen and oxygen atoms in total. The molecule has 0 N–H and O–H groups in total. The highest BCUT2D eigenvalue weighted by Gasteiger charge is 2.30. The summed E-state index contributed by atoms with van der Waals surface area (Å²) in [5, 5.41) is 6.01. The van der Waals surface area contributed by atoms with Gasteiger partial charge in [-0.2, -0.15) is 0 Å². The molecular formula is C16H13ClN4S. The quantitative estimate of drug-likeness (QED) is 0.714. The Labute approximate surface area is 137 Å². The van der Waals surface area contributed by atoms with Crippen LogP contribution in [0.1, 0.15) is 24.6 Å². The number of hydrogen-bond acceptors (Lipinski definition) is 4. The number of aromatic nitrogens is 4. The molecule has 1 saturated carbocycles. The Hall–Kier alpha value is -1.85. The monoisotopic (exact) mass is 328 g/mol. The zero-order valence-electron chi connectivity index (χ0n) is 11.7. The summed E-state index contributed by atoms with van der Waals surface area (Å²) in [4.78, 5) is 9.65. The van der Waals surface area contributed by atoms with Gasteiger partial charge in [-0.25, -0.2) is 9.67 Å². The van der Waals surface area contributed by atoms with Crippen molar-refractivity contribution in [3.05, 3.63) is 59.6 Å². The third kappa shape index (κ3) is 2.74. The number of halogens is 1. The highest BCUT2D eigenvalue weighted by Crippen LogP contribution is 2.41. The molecule has 4 rings (SSSR count). The molecule has 0 spiro atoms. The van der Waals surface area contributed by atoms with E-state index < -0.39 is 0 Å². The summed E-state index contributed by atoms with van der Waals surface area (Å²) in [6, 6.07) is 12.0. The first-order chi connectivity index (χ1) is 10.8. The van der Waals surface area contributed by atoms with Gasteiger partial charge in [-0.15, -0.1) is 5.10 Å². The van der Waals surface area contributed by atoms with Gasteiger partial charge in [-0.1, -0.05) is 29.8 Å². The smallest absolute Gasteiger partial charge is 0.214 e. The van der Waals surface area contributed by atoms with Gasteiger partial charge < -0.3 is 0 Å². The van der Waals surface area contributed by atoms with Crippen LogP contribution >= 0.6 is 23.4 Å². The second-order valence-electron chi connectivity index (χ2n) is 5.18. The lowest BCUT2D eigenvalue weighted by atomic mass is 10.3. The third-order valence-corrected chi connectivity index (χ3v) is 4.84. The first-order valence-corrected chi connectivity index (χ1v) is 8.30. The van der Waals surface area contributed by atoms with Gasteiger partial charge in [0.15, 0.2) is 0 Å². The van der Waals surface area contributed by atoms with Gasteiger partial charge >= 0.3 is 0 Å². The fraction of sp³-hybridized carbons (Fsp3) is 0.188. The molecule has 0 atom stereocenters. The van der Waals surface area contributed by atoms with Gasteiger partial charge in [0.1, 0.15) is 5.82 Å². The normalized spacial score (nSPS) is 14.2. The molecule has 0 saturated heterocycles. The summed E-state index contributed by atoms with van der Waals surface area (Å²) < 4.78 is 1.95. The number of nitrogens with zero attached hydrogens (tertiary/aromatic N) is 4. The van der Waals surface area contributed by atoms with E-state index in [9.17, 15) is 0 Å². The van der Waals surface area contributed by atoms with E-state index in [1.807, 2.05) is 28.9 Å². The average Bonchev–Trinajstić information content (AvgIpc) is 3.31. The maximum Gasteiger partial charge on any atom is 0.214 e.